The molecule has 0 radical (unpaired) electrons. The molecule has 0 saturated heterocycles. The Morgan fingerprint density at radius 2 is 1.86 bits per heavy atom. The minimum atomic E-state index is -0.612. The van der Waals surface area contributed by atoms with Crippen LogP contribution in [-0.2, 0) is 11.2 Å². The van der Waals surface area contributed by atoms with Gasteiger partial charge in [0, 0.05) is 17.3 Å². The molecule has 0 aliphatic carbocycles. The van der Waals surface area contributed by atoms with Crippen molar-refractivity contribution in [2.75, 3.05) is 12.8 Å². The maximum Gasteiger partial charge on any atom is 0.340 e. The molecule has 0 saturated carbocycles. The first-order valence-corrected chi connectivity index (χ1v) is 9.35. The van der Waals surface area contributed by atoms with Crippen LogP contribution in [0.15, 0.2) is 36.8 Å². The van der Waals surface area contributed by atoms with Crippen molar-refractivity contribution < 1.29 is 9.53 Å². The Balaban J connectivity index is 2.14. The third-order valence-corrected chi connectivity index (χ3v) is 4.68. The van der Waals surface area contributed by atoms with E-state index in [2.05, 4.69) is 26.8 Å². The number of halogens is 2. The summed E-state index contributed by atoms with van der Waals surface area (Å²) in [6, 6.07) is 6.68. The molecule has 0 amide bonds. The molecule has 29 heavy (non-hydrogen) atoms. The SMILES string of the molecule is CCc1ncnc(-c2cc(Cl)c(C(=O)OC)c(Cl)c2)c1C#Cc1ccc(N)nc1. The third-order valence-electron chi connectivity index (χ3n) is 4.08. The van der Waals surface area contributed by atoms with Crippen molar-refractivity contribution in [3.05, 3.63) is 69.2 Å². The molecule has 8 heteroatoms. The minimum Gasteiger partial charge on any atom is -0.465 e. The van der Waals surface area contributed by atoms with Crippen LogP contribution in [0.3, 0.4) is 0 Å². The van der Waals surface area contributed by atoms with Crippen molar-refractivity contribution in [1.82, 2.24) is 15.0 Å². The van der Waals surface area contributed by atoms with Crippen LogP contribution in [0.5, 0.6) is 0 Å². The highest BCUT2D eigenvalue weighted by atomic mass is 35.5. The molecule has 2 aromatic heterocycles. The molecule has 3 aromatic rings. The molecule has 0 bridgehead atoms. The van der Waals surface area contributed by atoms with Crippen LogP contribution in [0.1, 0.15) is 34.1 Å². The predicted octanol–water partition coefficient (Wildman–Crippen LogP) is 4.18. The number of nitrogens with zero attached hydrogens (tertiary/aromatic N) is 3. The Kier molecular flexibility index (Phi) is 6.32. The Labute approximate surface area is 178 Å². The zero-order valence-electron chi connectivity index (χ0n) is 15.7. The van der Waals surface area contributed by atoms with Gasteiger partial charge in [0.2, 0.25) is 0 Å². The number of anilines is 1. The second kappa shape index (κ2) is 8.91. The monoisotopic (exact) mass is 426 g/mol. The number of aryl methyl sites for hydroxylation is 1. The van der Waals surface area contributed by atoms with Crippen molar-refractivity contribution in [1.29, 1.82) is 0 Å². The van der Waals surface area contributed by atoms with Crippen molar-refractivity contribution in [3.63, 3.8) is 0 Å². The fourth-order valence-corrected chi connectivity index (χ4v) is 3.30. The summed E-state index contributed by atoms with van der Waals surface area (Å²) < 4.78 is 4.73. The largest absolute Gasteiger partial charge is 0.465 e. The fourth-order valence-electron chi connectivity index (χ4n) is 2.66. The molecular formula is C21H16Cl2N4O2. The first-order valence-electron chi connectivity index (χ1n) is 8.59. The molecule has 1 aromatic carbocycles. The van der Waals surface area contributed by atoms with Crippen LogP contribution in [0.2, 0.25) is 10.0 Å². The quantitative estimate of drug-likeness (QED) is 0.498. The molecule has 0 unspecified atom stereocenters. The standard InChI is InChI=1S/C21H16Cl2N4O2/c1-3-17-14(6-4-12-5-7-18(24)25-10-12)20(27-11-26-17)13-8-15(22)19(16(23)9-13)21(28)29-2/h5,7-11H,3H2,1-2H3,(H2,24,25). The summed E-state index contributed by atoms with van der Waals surface area (Å²) in [5.74, 6) is 5.98. The van der Waals surface area contributed by atoms with Gasteiger partial charge in [0.25, 0.3) is 0 Å². The van der Waals surface area contributed by atoms with E-state index in [1.54, 1.807) is 30.5 Å². The van der Waals surface area contributed by atoms with E-state index in [1.807, 2.05) is 6.92 Å². The summed E-state index contributed by atoms with van der Waals surface area (Å²) in [5, 5.41) is 0.329. The number of aromatic nitrogens is 3. The highest BCUT2D eigenvalue weighted by Crippen LogP contribution is 2.33. The van der Waals surface area contributed by atoms with Gasteiger partial charge in [0.05, 0.1) is 39.7 Å². The summed E-state index contributed by atoms with van der Waals surface area (Å²) >= 11 is 12.6. The van der Waals surface area contributed by atoms with E-state index < -0.39 is 5.97 Å². The summed E-state index contributed by atoms with van der Waals surface area (Å²) in [6.45, 7) is 1.97. The fraction of sp³-hybridized carbons (Fsp3) is 0.143. The first kappa shape index (κ1) is 20.6. The number of methoxy groups -OCH3 is 1. The third kappa shape index (κ3) is 4.48. The van der Waals surface area contributed by atoms with Gasteiger partial charge < -0.3 is 10.5 Å². The van der Waals surface area contributed by atoms with Gasteiger partial charge in [-0.2, -0.15) is 0 Å². The Hall–Kier alpha value is -3.14. The Bertz CT molecular complexity index is 1110. The summed E-state index contributed by atoms with van der Waals surface area (Å²) in [6.07, 6.45) is 3.71. The number of carbonyl (C=O) groups excluding carboxylic acids is 1. The van der Waals surface area contributed by atoms with Gasteiger partial charge in [-0.25, -0.2) is 19.7 Å². The lowest BCUT2D eigenvalue weighted by atomic mass is 10.0. The van der Waals surface area contributed by atoms with Gasteiger partial charge in [0.1, 0.15) is 12.1 Å². The average molecular weight is 427 g/mol. The highest BCUT2D eigenvalue weighted by Gasteiger charge is 2.19. The van der Waals surface area contributed by atoms with Gasteiger partial charge in [-0.05, 0) is 30.7 Å². The predicted molar refractivity (Wildman–Crippen MR) is 113 cm³/mol. The van der Waals surface area contributed by atoms with Crippen LogP contribution in [0, 0.1) is 11.8 Å². The van der Waals surface area contributed by atoms with E-state index in [4.69, 9.17) is 33.7 Å². The Morgan fingerprint density at radius 1 is 1.14 bits per heavy atom. The lowest BCUT2D eigenvalue weighted by Crippen LogP contribution is -2.04. The maximum atomic E-state index is 11.9. The number of carbonyl (C=O) groups is 1. The number of ether oxygens (including phenoxy) is 1. The second-order valence-corrected chi connectivity index (χ2v) is 6.74. The van der Waals surface area contributed by atoms with E-state index >= 15 is 0 Å². The number of hydrogen-bond donors (Lipinski definition) is 1. The van der Waals surface area contributed by atoms with Crippen LogP contribution in [0.25, 0.3) is 11.3 Å². The van der Waals surface area contributed by atoms with Gasteiger partial charge in [0.15, 0.2) is 0 Å². The van der Waals surface area contributed by atoms with Crippen molar-refractivity contribution in [2.24, 2.45) is 0 Å². The molecule has 0 aliphatic rings. The van der Waals surface area contributed by atoms with Crippen LogP contribution < -0.4 is 5.73 Å². The number of esters is 1. The normalized spacial score (nSPS) is 10.2. The number of nitrogen functional groups attached to an aromatic ring is 1. The molecule has 6 nitrogen and oxygen atoms in total. The number of nitrogens with two attached hydrogens (primary N) is 1. The minimum absolute atomic E-state index is 0.102. The van der Waals surface area contributed by atoms with Crippen LogP contribution in [-0.4, -0.2) is 28.0 Å². The van der Waals surface area contributed by atoms with Crippen LogP contribution >= 0.6 is 23.2 Å². The summed E-state index contributed by atoms with van der Waals surface area (Å²) in [5.41, 5.74) is 9.01. The zero-order valence-corrected chi connectivity index (χ0v) is 17.2. The van der Waals surface area contributed by atoms with E-state index in [0.29, 0.717) is 34.6 Å². The lowest BCUT2D eigenvalue weighted by molar-refractivity contribution is 0.0601. The van der Waals surface area contributed by atoms with E-state index in [-0.39, 0.29) is 15.6 Å². The molecule has 0 spiro atoms. The Morgan fingerprint density at radius 3 is 2.45 bits per heavy atom. The van der Waals surface area contributed by atoms with Crippen molar-refractivity contribution in [3.8, 4) is 23.1 Å². The average Bonchev–Trinajstić information content (AvgIpc) is 2.72. The van der Waals surface area contributed by atoms with E-state index in [0.717, 1.165) is 5.69 Å². The molecule has 0 fully saturated rings. The van der Waals surface area contributed by atoms with Crippen LogP contribution in [0.4, 0.5) is 5.82 Å². The number of hydrogen-bond acceptors (Lipinski definition) is 6. The molecule has 2 heterocycles. The van der Waals surface area contributed by atoms with E-state index in [9.17, 15) is 4.79 Å². The lowest BCUT2D eigenvalue weighted by Gasteiger charge is -2.11. The van der Waals surface area contributed by atoms with Crippen molar-refractivity contribution in [2.45, 2.75) is 13.3 Å². The molecular weight excluding hydrogens is 411 g/mol. The second-order valence-electron chi connectivity index (χ2n) is 5.93. The summed E-state index contributed by atoms with van der Waals surface area (Å²) in [7, 11) is 1.26. The molecule has 0 aliphatic heterocycles. The van der Waals surface area contributed by atoms with Gasteiger partial charge in [-0.15, -0.1) is 0 Å². The number of pyridine rings is 1. The topological polar surface area (TPSA) is 91.0 Å². The first-order chi connectivity index (χ1) is 13.9. The molecule has 0 atom stereocenters. The van der Waals surface area contributed by atoms with E-state index in [1.165, 1.54) is 13.4 Å². The smallest absolute Gasteiger partial charge is 0.340 e. The molecule has 146 valence electrons. The van der Waals surface area contributed by atoms with Gasteiger partial charge in [-0.3, -0.25) is 0 Å². The zero-order chi connectivity index (χ0) is 21.0. The molecule has 2 N–H and O–H groups in total. The number of benzene rings is 1. The number of rotatable bonds is 3. The summed E-state index contributed by atoms with van der Waals surface area (Å²) in [4.78, 5) is 24.6. The highest BCUT2D eigenvalue weighted by molar-refractivity contribution is 6.39. The van der Waals surface area contributed by atoms with Crippen molar-refractivity contribution >= 4 is 35.0 Å². The maximum absolute atomic E-state index is 11.9. The van der Waals surface area contributed by atoms with Gasteiger partial charge >= 0.3 is 5.97 Å². The van der Waals surface area contributed by atoms with Gasteiger partial charge in [-0.1, -0.05) is 42.0 Å². The molecule has 3 rings (SSSR count).